The molecular weight excluding hydrogens is 497 g/mol. The molecular formula is C21H18Cl6O2. The number of benzene rings is 2. The topological polar surface area (TPSA) is 40.5 Å². The quantitative estimate of drug-likeness (QED) is 0.345. The van der Waals surface area contributed by atoms with Gasteiger partial charge in [-0.05, 0) is 45.9 Å². The van der Waals surface area contributed by atoms with Gasteiger partial charge in [0.1, 0.15) is 10.0 Å². The molecule has 8 heteroatoms. The average Bonchev–Trinajstić information content (AvgIpc) is 2.99. The minimum atomic E-state index is -0.719. The minimum Gasteiger partial charge on any atom is -0.505 e. The van der Waals surface area contributed by atoms with E-state index in [9.17, 15) is 10.2 Å². The normalized spacial score (nSPS) is 20.2. The van der Waals surface area contributed by atoms with Gasteiger partial charge >= 0.3 is 0 Å². The molecule has 0 amide bonds. The maximum absolute atomic E-state index is 10.6. The van der Waals surface area contributed by atoms with Crippen molar-refractivity contribution in [2.45, 2.75) is 56.8 Å². The van der Waals surface area contributed by atoms with Crippen molar-refractivity contribution in [3.8, 4) is 11.5 Å². The fourth-order valence-corrected chi connectivity index (χ4v) is 7.79. The van der Waals surface area contributed by atoms with Crippen LogP contribution in [0.15, 0.2) is 0 Å². The predicted molar refractivity (Wildman–Crippen MR) is 122 cm³/mol. The van der Waals surface area contributed by atoms with Gasteiger partial charge in [-0.15, -0.1) is 0 Å². The summed E-state index contributed by atoms with van der Waals surface area (Å²) in [6.45, 7) is 8.19. The van der Waals surface area contributed by atoms with E-state index in [0.29, 0.717) is 24.0 Å². The van der Waals surface area contributed by atoms with Crippen LogP contribution in [-0.2, 0) is 16.2 Å². The van der Waals surface area contributed by atoms with Crippen LogP contribution in [0.5, 0.6) is 11.5 Å². The van der Waals surface area contributed by atoms with Crippen LogP contribution in [0.1, 0.15) is 62.8 Å². The predicted octanol–water partition coefficient (Wildman–Crippen LogP) is 8.67. The summed E-state index contributed by atoms with van der Waals surface area (Å²) >= 11 is 39.1. The number of phenols is 2. The van der Waals surface area contributed by atoms with Crippen LogP contribution < -0.4 is 0 Å². The summed E-state index contributed by atoms with van der Waals surface area (Å²) in [6.07, 6.45) is 1.20. The Morgan fingerprint density at radius 3 is 1.14 bits per heavy atom. The van der Waals surface area contributed by atoms with Gasteiger partial charge in [0, 0.05) is 5.41 Å². The highest BCUT2D eigenvalue weighted by Gasteiger charge is 2.60. The van der Waals surface area contributed by atoms with E-state index in [1.165, 1.54) is 0 Å². The largest absolute Gasteiger partial charge is 0.505 e. The van der Waals surface area contributed by atoms with E-state index in [-0.39, 0.29) is 41.6 Å². The Morgan fingerprint density at radius 2 is 0.828 bits per heavy atom. The van der Waals surface area contributed by atoms with E-state index >= 15 is 0 Å². The Morgan fingerprint density at radius 1 is 0.517 bits per heavy atom. The molecule has 2 N–H and O–H groups in total. The van der Waals surface area contributed by atoms with Gasteiger partial charge < -0.3 is 10.2 Å². The molecule has 2 aromatic carbocycles. The van der Waals surface area contributed by atoms with Crippen LogP contribution in [0.4, 0.5) is 0 Å². The molecule has 0 fully saturated rings. The molecule has 4 rings (SSSR count). The van der Waals surface area contributed by atoms with Crippen LogP contribution in [-0.4, -0.2) is 10.2 Å². The van der Waals surface area contributed by atoms with E-state index in [1.807, 2.05) is 27.7 Å². The number of phenolic OH excluding ortho intramolecular Hbond substituents is 2. The molecule has 2 aromatic rings. The van der Waals surface area contributed by atoms with Crippen molar-refractivity contribution in [1.29, 1.82) is 0 Å². The second-order valence-corrected chi connectivity index (χ2v) is 11.6. The number of aromatic hydroxyl groups is 2. The maximum Gasteiger partial charge on any atom is 0.154 e. The van der Waals surface area contributed by atoms with Crippen molar-refractivity contribution >= 4 is 69.6 Å². The molecule has 0 saturated heterocycles. The van der Waals surface area contributed by atoms with E-state index in [1.54, 1.807) is 0 Å². The molecule has 0 unspecified atom stereocenters. The minimum absolute atomic E-state index is 0.0288. The molecule has 29 heavy (non-hydrogen) atoms. The first-order chi connectivity index (χ1) is 13.2. The number of fused-ring (bicyclic) bond motifs is 4. The molecule has 2 nitrogen and oxygen atoms in total. The number of hydrogen-bond donors (Lipinski definition) is 2. The highest BCUT2D eigenvalue weighted by atomic mass is 35.5. The van der Waals surface area contributed by atoms with Crippen LogP contribution >= 0.6 is 69.6 Å². The first kappa shape index (κ1) is 22.0. The first-order valence-corrected chi connectivity index (χ1v) is 11.3. The van der Waals surface area contributed by atoms with E-state index in [2.05, 4.69) is 0 Å². The summed E-state index contributed by atoms with van der Waals surface area (Å²) in [5.41, 5.74) is 1.36. The molecule has 0 heterocycles. The molecule has 0 aromatic heterocycles. The van der Waals surface area contributed by atoms with Crippen molar-refractivity contribution in [3.05, 3.63) is 52.4 Å². The standard InChI is InChI=1S/C21H18Cl6O2/c1-19(2)5-21(9-7(19)11(22)15(26)17(28)13(9)24)6-20(3,4)8-10(21)14(25)18(29)16(27)12(8)23/h28-29H,5-6H2,1-4H3. The van der Waals surface area contributed by atoms with Crippen LogP contribution in [0.3, 0.4) is 0 Å². The van der Waals surface area contributed by atoms with Crippen molar-refractivity contribution in [2.24, 2.45) is 0 Å². The van der Waals surface area contributed by atoms with Crippen molar-refractivity contribution in [1.82, 2.24) is 0 Å². The van der Waals surface area contributed by atoms with E-state index in [4.69, 9.17) is 69.6 Å². The maximum atomic E-state index is 10.6. The average molecular weight is 515 g/mol. The van der Waals surface area contributed by atoms with Crippen molar-refractivity contribution < 1.29 is 10.2 Å². The van der Waals surface area contributed by atoms with Crippen LogP contribution in [0.2, 0.25) is 30.1 Å². The molecule has 0 aliphatic heterocycles. The summed E-state index contributed by atoms with van der Waals surface area (Å²) in [6, 6.07) is 0. The number of halogens is 6. The molecule has 2 aliphatic rings. The van der Waals surface area contributed by atoms with Gasteiger partial charge in [-0.1, -0.05) is 97.3 Å². The van der Waals surface area contributed by atoms with E-state index < -0.39 is 16.2 Å². The highest BCUT2D eigenvalue weighted by molar-refractivity contribution is 6.47. The lowest BCUT2D eigenvalue weighted by Gasteiger charge is -2.31. The van der Waals surface area contributed by atoms with Gasteiger partial charge in [0.25, 0.3) is 0 Å². The SMILES string of the molecule is CC1(C)CC2(CC(C)(C)c3c(Cl)c(Cl)c(O)c(Cl)c32)c2c(Cl)c(O)c(Cl)c(Cl)c21. The molecule has 156 valence electrons. The van der Waals surface area contributed by atoms with Crippen LogP contribution in [0, 0.1) is 0 Å². The first-order valence-electron chi connectivity index (χ1n) is 9.00. The number of rotatable bonds is 0. The molecule has 0 atom stereocenters. The monoisotopic (exact) mass is 512 g/mol. The number of hydrogen-bond acceptors (Lipinski definition) is 2. The Hall–Kier alpha value is -0.220. The summed E-state index contributed by atoms with van der Waals surface area (Å²) in [7, 11) is 0. The van der Waals surface area contributed by atoms with Gasteiger partial charge in [-0.3, -0.25) is 0 Å². The van der Waals surface area contributed by atoms with Gasteiger partial charge in [-0.2, -0.15) is 0 Å². The molecule has 1 spiro atoms. The smallest absolute Gasteiger partial charge is 0.154 e. The van der Waals surface area contributed by atoms with E-state index in [0.717, 1.165) is 11.1 Å². The second kappa shape index (κ2) is 6.40. The third kappa shape index (κ3) is 2.63. The zero-order valence-electron chi connectivity index (χ0n) is 16.1. The summed E-state index contributed by atoms with van der Waals surface area (Å²) in [5.74, 6) is -0.526. The Balaban J connectivity index is 2.23. The Kier molecular flexibility index (Phi) is 4.86. The van der Waals surface area contributed by atoms with Crippen molar-refractivity contribution in [3.63, 3.8) is 0 Å². The zero-order chi connectivity index (χ0) is 21.8. The molecule has 0 saturated carbocycles. The summed E-state index contributed by atoms with van der Waals surface area (Å²) in [4.78, 5) is 0. The molecule has 2 aliphatic carbocycles. The molecule has 0 radical (unpaired) electrons. The van der Waals surface area contributed by atoms with Gasteiger partial charge in [0.2, 0.25) is 0 Å². The Labute approximate surface area is 199 Å². The Bertz CT molecular complexity index is 1020. The fraction of sp³-hybridized carbons (Fsp3) is 0.429. The lowest BCUT2D eigenvalue weighted by atomic mass is 9.72. The zero-order valence-corrected chi connectivity index (χ0v) is 20.6. The second-order valence-electron chi connectivity index (χ2n) is 9.28. The van der Waals surface area contributed by atoms with Gasteiger partial charge in [0.05, 0.1) is 20.1 Å². The lowest BCUT2D eigenvalue weighted by molar-refractivity contribution is 0.349. The van der Waals surface area contributed by atoms with Gasteiger partial charge in [0.15, 0.2) is 11.5 Å². The van der Waals surface area contributed by atoms with Gasteiger partial charge in [-0.25, -0.2) is 0 Å². The lowest BCUT2D eigenvalue weighted by Crippen LogP contribution is -2.27. The van der Waals surface area contributed by atoms with Crippen LogP contribution in [0.25, 0.3) is 0 Å². The van der Waals surface area contributed by atoms with Crippen molar-refractivity contribution in [2.75, 3.05) is 0 Å². The summed E-state index contributed by atoms with van der Waals surface area (Å²) < 4.78 is 0. The molecule has 0 bridgehead atoms. The third-order valence-electron chi connectivity index (χ3n) is 6.39. The highest BCUT2D eigenvalue weighted by Crippen LogP contribution is 2.70. The fourth-order valence-electron chi connectivity index (χ4n) is 5.69. The third-order valence-corrected chi connectivity index (χ3v) is 8.81. The summed E-state index contributed by atoms with van der Waals surface area (Å²) in [5, 5.41) is 22.1.